The molecule has 0 aliphatic heterocycles. The first kappa shape index (κ1) is 14.5. The summed E-state index contributed by atoms with van der Waals surface area (Å²) in [5, 5.41) is 1.07. The molecule has 2 nitrogen and oxygen atoms in total. The number of pyridine rings is 1. The van der Waals surface area contributed by atoms with E-state index in [0.29, 0.717) is 0 Å². The topological polar surface area (TPSA) is 22.0 Å². The minimum Gasteiger partial charge on any atom is -0.311 e. The van der Waals surface area contributed by atoms with Gasteiger partial charge in [-0.2, -0.15) is 0 Å². The van der Waals surface area contributed by atoms with Crippen molar-refractivity contribution in [3.8, 4) is 22.3 Å². The minimum absolute atomic E-state index is 0.0289. The molecule has 0 radical (unpaired) electrons. The van der Waals surface area contributed by atoms with Crippen LogP contribution in [0.1, 0.15) is 0 Å². The number of nitrogens with zero attached hydrogens (tertiary/aromatic N) is 1. The molecule has 1 heterocycles. The number of hydrogen-bond acceptors (Lipinski definition) is 1. The van der Waals surface area contributed by atoms with E-state index in [1.54, 1.807) is 4.57 Å². The van der Waals surface area contributed by atoms with E-state index in [-0.39, 0.29) is 5.56 Å². The van der Waals surface area contributed by atoms with E-state index in [2.05, 4.69) is 24.3 Å². The van der Waals surface area contributed by atoms with Crippen LogP contribution < -0.4 is 5.56 Å². The predicted octanol–water partition coefficient (Wildman–Crippen LogP) is 4.87. The summed E-state index contributed by atoms with van der Waals surface area (Å²) in [6.45, 7) is 0. The molecule has 4 aromatic rings. The fourth-order valence-electron chi connectivity index (χ4n) is 3.12. The maximum atomic E-state index is 12.7. The Labute approximate surface area is 140 Å². The van der Waals surface area contributed by atoms with Crippen LogP contribution in [0.15, 0.2) is 89.7 Å². The number of benzene rings is 3. The van der Waals surface area contributed by atoms with Gasteiger partial charge in [-0.1, -0.05) is 66.7 Å². The van der Waals surface area contributed by atoms with Crippen molar-refractivity contribution in [3.63, 3.8) is 0 Å². The van der Waals surface area contributed by atoms with Crippen LogP contribution in [0.25, 0.3) is 33.2 Å². The Kier molecular flexibility index (Phi) is 3.51. The SMILES string of the molecule is Cn1c(=O)c(-c2ccccc2)cc2cc(-c3ccccc3)ccc21. The summed E-state index contributed by atoms with van der Waals surface area (Å²) in [6, 6.07) is 28.4. The standard InChI is InChI=1S/C22H17NO/c1-23-21-13-12-18(16-8-4-2-5-9-16)14-19(21)15-20(22(23)24)17-10-6-3-7-11-17/h2-15H,1H3. The van der Waals surface area contributed by atoms with Gasteiger partial charge in [0.1, 0.15) is 0 Å². The van der Waals surface area contributed by atoms with Crippen molar-refractivity contribution < 1.29 is 0 Å². The second-order valence-corrected chi connectivity index (χ2v) is 5.93. The first-order valence-corrected chi connectivity index (χ1v) is 7.99. The van der Waals surface area contributed by atoms with Crippen LogP contribution in [0, 0.1) is 0 Å². The number of rotatable bonds is 2. The normalized spacial score (nSPS) is 10.9. The van der Waals surface area contributed by atoms with Gasteiger partial charge >= 0.3 is 0 Å². The first-order valence-electron chi connectivity index (χ1n) is 7.99. The highest BCUT2D eigenvalue weighted by molar-refractivity contribution is 5.88. The third kappa shape index (κ3) is 2.42. The first-order chi connectivity index (χ1) is 11.7. The van der Waals surface area contributed by atoms with E-state index in [9.17, 15) is 4.79 Å². The van der Waals surface area contributed by atoms with Crippen molar-refractivity contribution in [2.45, 2.75) is 0 Å². The van der Waals surface area contributed by atoms with Crippen molar-refractivity contribution in [2.24, 2.45) is 7.05 Å². The van der Waals surface area contributed by atoms with Crippen molar-refractivity contribution >= 4 is 10.9 Å². The molecule has 24 heavy (non-hydrogen) atoms. The number of aryl methyl sites for hydroxylation is 1. The van der Waals surface area contributed by atoms with Gasteiger partial charge in [0, 0.05) is 12.6 Å². The lowest BCUT2D eigenvalue weighted by Crippen LogP contribution is -2.18. The average molecular weight is 311 g/mol. The molecule has 0 saturated heterocycles. The zero-order chi connectivity index (χ0) is 16.5. The molecule has 0 aliphatic rings. The Balaban J connectivity index is 1.97. The molecule has 0 spiro atoms. The largest absolute Gasteiger partial charge is 0.311 e. The Morgan fingerprint density at radius 1 is 0.667 bits per heavy atom. The fourth-order valence-corrected chi connectivity index (χ4v) is 3.12. The number of fused-ring (bicyclic) bond motifs is 1. The summed E-state index contributed by atoms with van der Waals surface area (Å²) in [5.74, 6) is 0. The van der Waals surface area contributed by atoms with Crippen molar-refractivity contribution in [2.75, 3.05) is 0 Å². The Morgan fingerprint density at radius 3 is 1.96 bits per heavy atom. The molecule has 0 N–H and O–H groups in total. The van der Waals surface area contributed by atoms with Gasteiger partial charge in [-0.25, -0.2) is 0 Å². The second kappa shape index (κ2) is 5.82. The van der Waals surface area contributed by atoms with E-state index in [1.165, 1.54) is 5.56 Å². The van der Waals surface area contributed by atoms with Crippen LogP contribution in [-0.2, 0) is 7.05 Å². The van der Waals surface area contributed by atoms with E-state index < -0.39 is 0 Å². The Bertz CT molecular complexity index is 1060. The summed E-state index contributed by atoms with van der Waals surface area (Å²) >= 11 is 0. The van der Waals surface area contributed by atoms with E-state index in [1.807, 2.05) is 67.7 Å². The molecule has 0 aliphatic carbocycles. The molecule has 0 amide bonds. The molecular weight excluding hydrogens is 294 g/mol. The molecule has 4 rings (SSSR count). The summed E-state index contributed by atoms with van der Waals surface area (Å²) in [4.78, 5) is 12.7. The quantitative estimate of drug-likeness (QED) is 0.517. The monoisotopic (exact) mass is 311 g/mol. The molecule has 1 aromatic heterocycles. The zero-order valence-corrected chi connectivity index (χ0v) is 13.4. The maximum Gasteiger partial charge on any atom is 0.258 e. The summed E-state index contributed by atoms with van der Waals surface area (Å²) in [7, 11) is 1.83. The van der Waals surface area contributed by atoms with E-state index >= 15 is 0 Å². The maximum absolute atomic E-state index is 12.7. The predicted molar refractivity (Wildman–Crippen MR) is 100 cm³/mol. The van der Waals surface area contributed by atoms with Gasteiger partial charge in [0.25, 0.3) is 5.56 Å². The van der Waals surface area contributed by atoms with Crippen molar-refractivity contribution in [3.05, 3.63) is 95.3 Å². The summed E-state index contributed by atoms with van der Waals surface area (Å²) in [6.07, 6.45) is 0. The zero-order valence-electron chi connectivity index (χ0n) is 13.4. The molecule has 3 aromatic carbocycles. The van der Waals surface area contributed by atoms with E-state index in [4.69, 9.17) is 0 Å². The van der Waals surface area contributed by atoms with Crippen LogP contribution in [0.3, 0.4) is 0 Å². The summed E-state index contributed by atoms with van der Waals surface area (Å²) in [5.41, 5.74) is 4.98. The van der Waals surface area contributed by atoms with Crippen molar-refractivity contribution in [1.29, 1.82) is 0 Å². The molecule has 0 bridgehead atoms. The van der Waals surface area contributed by atoms with Crippen LogP contribution in [0.4, 0.5) is 0 Å². The van der Waals surface area contributed by atoms with Gasteiger partial charge in [0.05, 0.1) is 5.52 Å². The van der Waals surface area contributed by atoms with Crippen LogP contribution in [-0.4, -0.2) is 4.57 Å². The van der Waals surface area contributed by atoms with Crippen molar-refractivity contribution in [1.82, 2.24) is 4.57 Å². The number of hydrogen-bond donors (Lipinski definition) is 0. The Hall–Kier alpha value is -3.13. The fraction of sp³-hybridized carbons (Fsp3) is 0.0455. The lowest BCUT2D eigenvalue weighted by molar-refractivity contribution is 0.909. The third-order valence-electron chi connectivity index (χ3n) is 4.42. The van der Waals surface area contributed by atoms with Gasteiger partial charge in [-0.3, -0.25) is 4.79 Å². The molecule has 0 fully saturated rings. The molecule has 0 atom stereocenters. The lowest BCUT2D eigenvalue weighted by Gasteiger charge is -2.11. The molecule has 0 unspecified atom stereocenters. The van der Waals surface area contributed by atoms with Crippen LogP contribution >= 0.6 is 0 Å². The van der Waals surface area contributed by atoms with Gasteiger partial charge in [0.2, 0.25) is 0 Å². The molecule has 2 heteroatoms. The van der Waals surface area contributed by atoms with E-state index in [0.717, 1.165) is 27.6 Å². The lowest BCUT2D eigenvalue weighted by atomic mass is 10.0. The van der Waals surface area contributed by atoms with Crippen LogP contribution in [0.2, 0.25) is 0 Å². The number of aromatic nitrogens is 1. The minimum atomic E-state index is 0.0289. The van der Waals surface area contributed by atoms with Gasteiger partial charge in [-0.05, 0) is 40.3 Å². The summed E-state index contributed by atoms with van der Waals surface area (Å²) < 4.78 is 1.73. The average Bonchev–Trinajstić information content (AvgIpc) is 2.65. The van der Waals surface area contributed by atoms with Gasteiger partial charge in [0.15, 0.2) is 0 Å². The Morgan fingerprint density at radius 2 is 1.29 bits per heavy atom. The molecule has 0 saturated carbocycles. The van der Waals surface area contributed by atoms with Crippen LogP contribution in [0.5, 0.6) is 0 Å². The highest BCUT2D eigenvalue weighted by Crippen LogP contribution is 2.26. The molecular formula is C22H17NO. The molecule has 116 valence electrons. The van der Waals surface area contributed by atoms with Gasteiger partial charge in [-0.15, -0.1) is 0 Å². The smallest absolute Gasteiger partial charge is 0.258 e. The second-order valence-electron chi connectivity index (χ2n) is 5.93. The third-order valence-corrected chi connectivity index (χ3v) is 4.42. The highest BCUT2D eigenvalue weighted by atomic mass is 16.1. The highest BCUT2D eigenvalue weighted by Gasteiger charge is 2.09. The van der Waals surface area contributed by atoms with Gasteiger partial charge < -0.3 is 4.57 Å².